The van der Waals surface area contributed by atoms with Crippen LogP contribution in [0.4, 0.5) is 4.79 Å². The number of hydrogen-bond donors (Lipinski definition) is 1. The molecule has 3 aromatic rings. The largest absolute Gasteiger partial charge is 0.334 e. The van der Waals surface area contributed by atoms with E-state index in [0.29, 0.717) is 25.9 Å². The van der Waals surface area contributed by atoms with Crippen LogP contribution in [-0.4, -0.2) is 53.8 Å². The highest BCUT2D eigenvalue weighted by atomic mass is 16.2. The highest BCUT2D eigenvalue weighted by Gasteiger charge is 2.41. The van der Waals surface area contributed by atoms with Crippen molar-refractivity contribution in [3.8, 4) is 0 Å². The Hall–Kier alpha value is -3.44. The quantitative estimate of drug-likeness (QED) is 0.480. The van der Waals surface area contributed by atoms with Crippen molar-refractivity contribution < 1.29 is 9.59 Å². The standard InChI is InChI=1S/C29H33N3O2/c1-2-32(28(34)30-18-8-11-24-9-4-3-5-10-24)29(23-33)16-19-31(20-17-29)22-25-14-15-26-12-6-7-13-27(26)21-25/h3-15,21,23H,2,16-20,22H2,1H3,(H,30,34)/b11-8+. The lowest BCUT2D eigenvalue weighted by Crippen LogP contribution is -2.60. The number of likely N-dealkylation sites (tertiary alicyclic amines) is 1. The fourth-order valence-electron chi connectivity index (χ4n) is 4.81. The SMILES string of the molecule is CCN(C(=O)NC/C=C/c1ccccc1)C1(C=O)CCN(Cc2ccc3ccccc3c2)CC1. The van der Waals surface area contributed by atoms with Crippen molar-refractivity contribution in [2.24, 2.45) is 0 Å². The number of carbonyl (C=O) groups excluding carboxylic acids is 2. The third-order valence-electron chi connectivity index (χ3n) is 6.74. The maximum Gasteiger partial charge on any atom is 0.318 e. The predicted molar refractivity (Wildman–Crippen MR) is 139 cm³/mol. The summed E-state index contributed by atoms with van der Waals surface area (Å²) >= 11 is 0. The van der Waals surface area contributed by atoms with Gasteiger partial charge in [-0.3, -0.25) is 4.90 Å². The molecule has 1 aliphatic rings. The number of hydrogen-bond acceptors (Lipinski definition) is 3. The van der Waals surface area contributed by atoms with Gasteiger partial charge < -0.3 is 15.0 Å². The average Bonchev–Trinajstić information content (AvgIpc) is 2.88. The molecule has 3 aromatic carbocycles. The van der Waals surface area contributed by atoms with Gasteiger partial charge in [-0.2, -0.15) is 0 Å². The lowest BCUT2D eigenvalue weighted by Gasteiger charge is -2.45. The summed E-state index contributed by atoms with van der Waals surface area (Å²) in [5, 5.41) is 5.44. The van der Waals surface area contributed by atoms with E-state index in [-0.39, 0.29) is 6.03 Å². The van der Waals surface area contributed by atoms with E-state index in [1.165, 1.54) is 16.3 Å². The molecule has 0 saturated carbocycles. The smallest absolute Gasteiger partial charge is 0.318 e. The summed E-state index contributed by atoms with van der Waals surface area (Å²) in [6.45, 7) is 5.27. The number of fused-ring (bicyclic) bond motifs is 1. The number of nitrogens with one attached hydrogen (secondary N) is 1. The molecule has 5 nitrogen and oxygen atoms in total. The second kappa shape index (κ2) is 11.1. The van der Waals surface area contributed by atoms with Gasteiger partial charge in [-0.05, 0) is 47.7 Å². The highest BCUT2D eigenvalue weighted by Crippen LogP contribution is 2.28. The summed E-state index contributed by atoms with van der Waals surface area (Å²) in [5.74, 6) is 0. The third kappa shape index (κ3) is 5.54. The summed E-state index contributed by atoms with van der Waals surface area (Å²) in [6, 6.07) is 24.8. The third-order valence-corrected chi connectivity index (χ3v) is 6.74. The topological polar surface area (TPSA) is 52.7 Å². The number of amides is 2. The van der Waals surface area contributed by atoms with Crippen LogP contribution in [0.25, 0.3) is 16.8 Å². The van der Waals surface area contributed by atoms with Crippen LogP contribution in [0.3, 0.4) is 0 Å². The van der Waals surface area contributed by atoms with E-state index in [4.69, 9.17) is 0 Å². The molecule has 34 heavy (non-hydrogen) atoms. The molecule has 5 heteroatoms. The molecular formula is C29H33N3O2. The first-order valence-electron chi connectivity index (χ1n) is 12.1. The van der Waals surface area contributed by atoms with E-state index < -0.39 is 5.54 Å². The zero-order chi connectivity index (χ0) is 23.8. The number of piperidine rings is 1. The van der Waals surface area contributed by atoms with Gasteiger partial charge in [-0.15, -0.1) is 0 Å². The van der Waals surface area contributed by atoms with Crippen LogP contribution >= 0.6 is 0 Å². The predicted octanol–water partition coefficient (Wildman–Crippen LogP) is 5.12. The zero-order valence-corrected chi connectivity index (χ0v) is 19.8. The van der Waals surface area contributed by atoms with Crippen LogP contribution in [0.5, 0.6) is 0 Å². The molecule has 1 saturated heterocycles. The number of urea groups is 1. The van der Waals surface area contributed by atoms with Crippen LogP contribution in [0, 0.1) is 0 Å². The van der Waals surface area contributed by atoms with E-state index in [1.807, 2.05) is 49.4 Å². The number of nitrogens with zero attached hydrogens (tertiary/aromatic N) is 2. The summed E-state index contributed by atoms with van der Waals surface area (Å²) in [4.78, 5) is 29.3. The summed E-state index contributed by atoms with van der Waals surface area (Å²) in [7, 11) is 0. The normalized spacial score (nSPS) is 15.9. The number of carbonyl (C=O) groups is 2. The molecule has 0 atom stereocenters. The van der Waals surface area contributed by atoms with Crippen molar-refractivity contribution in [2.45, 2.75) is 31.8 Å². The molecule has 0 aliphatic carbocycles. The van der Waals surface area contributed by atoms with E-state index in [0.717, 1.165) is 31.5 Å². The molecule has 0 bridgehead atoms. The van der Waals surface area contributed by atoms with Crippen molar-refractivity contribution in [2.75, 3.05) is 26.2 Å². The van der Waals surface area contributed by atoms with E-state index >= 15 is 0 Å². The van der Waals surface area contributed by atoms with E-state index in [1.54, 1.807) is 4.90 Å². The summed E-state index contributed by atoms with van der Waals surface area (Å²) in [6.07, 6.45) is 6.19. The van der Waals surface area contributed by atoms with E-state index in [9.17, 15) is 9.59 Å². The van der Waals surface area contributed by atoms with Crippen molar-refractivity contribution in [3.05, 3.63) is 90.0 Å². The van der Waals surface area contributed by atoms with Crippen LogP contribution in [0.15, 0.2) is 78.9 Å². The van der Waals surface area contributed by atoms with Crippen LogP contribution in [-0.2, 0) is 11.3 Å². The Morgan fingerprint density at radius 1 is 1.00 bits per heavy atom. The van der Waals surface area contributed by atoms with Gasteiger partial charge in [0, 0.05) is 32.7 Å². The van der Waals surface area contributed by atoms with Crippen LogP contribution in [0.2, 0.25) is 0 Å². The minimum atomic E-state index is -0.748. The molecule has 0 radical (unpaired) electrons. The van der Waals surface area contributed by atoms with Gasteiger partial charge in [0.05, 0.1) is 0 Å². The molecule has 1 heterocycles. The Labute approximate surface area is 202 Å². The molecule has 2 amide bonds. The first kappa shape index (κ1) is 23.7. The second-order valence-electron chi connectivity index (χ2n) is 8.92. The van der Waals surface area contributed by atoms with Crippen LogP contribution < -0.4 is 5.32 Å². The Balaban J connectivity index is 1.33. The van der Waals surface area contributed by atoms with Gasteiger partial charge in [0.15, 0.2) is 0 Å². The fourth-order valence-corrected chi connectivity index (χ4v) is 4.81. The Morgan fingerprint density at radius 3 is 2.41 bits per heavy atom. The Morgan fingerprint density at radius 2 is 1.71 bits per heavy atom. The highest BCUT2D eigenvalue weighted by molar-refractivity contribution is 5.83. The van der Waals surface area contributed by atoms with Gasteiger partial charge >= 0.3 is 6.03 Å². The minimum Gasteiger partial charge on any atom is -0.334 e. The van der Waals surface area contributed by atoms with E-state index in [2.05, 4.69) is 52.7 Å². The summed E-state index contributed by atoms with van der Waals surface area (Å²) in [5.41, 5.74) is 1.61. The molecule has 1 fully saturated rings. The lowest BCUT2D eigenvalue weighted by atomic mass is 9.87. The Bertz CT molecular complexity index is 1130. The molecular weight excluding hydrogens is 422 g/mol. The first-order valence-corrected chi connectivity index (χ1v) is 12.1. The van der Waals surface area contributed by atoms with Gasteiger partial charge in [-0.1, -0.05) is 78.9 Å². The molecule has 0 unspecified atom stereocenters. The number of rotatable bonds is 8. The minimum absolute atomic E-state index is 0.185. The van der Waals surface area contributed by atoms with Crippen molar-refractivity contribution in [3.63, 3.8) is 0 Å². The monoisotopic (exact) mass is 455 g/mol. The number of likely N-dealkylation sites (N-methyl/N-ethyl adjacent to an activating group) is 1. The molecule has 1 aliphatic heterocycles. The van der Waals surface area contributed by atoms with Crippen molar-refractivity contribution >= 4 is 29.2 Å². The number of benzene rings is 3. The molecule has 0 spiro atoms. The molecule has 0 aromatic heterocycles. The number of aldehydes is 1. The Kier molecular flexibility index (Phi) is 7.76. The van der Waals surface area contributed by atoms with Crippen LogP contribution in [0.1, 0.15) is 30.9 Å². The molecule has 176 valence electrons. The summed E-state index contributed by atoms with van der Waals surface area (Å²) < 4.78 is 0. The maximum atomic E-state index is 13.0. The van der Waals surface area contributed by atoms with Gasteiger partial charge in [0.1, 0.15) is 11.8 Å². The second-order valence-corrected chi connectivity index (χ2v) is 8.92. The zero-order valence-electron chi connectivity index (χ0n) is 19.8. The molecule has 1 N–H and O–H groups in total. The molecule has 4 rings (SSSR count). The lowest BCUT2D eigenvalue weighted by molar-refractivity contribution is -0.119. The van der Waals surface area contributed by atoms with Gasteiger partial charge in [0.2, 0.25) is 0 Å². The average molecular weight is 456 g/mol. The maximum absolute atomic E-state index is 13.0. The van der Waals surface area contributed by atoms with Crippen molar-refractivity contribution in [1.82, 2.24) is 15.1 Å². The van der Waals surface area contributed by atoms with Gasteiger partial charge in [0.25, 0.3) is 0 Å². The first-order chi connectivity index (χ1) is 16.6. The van der Waals surface area contributed by atoms with Gasteiger partial charge in [-0.25, -0.2) is 4.79 Å². The van der Waals surface area contributed by atoms with Crippen molar-refractivity contribution in [1.29, 1.82) is 0 Å². The fraction of sp³-hybridized carbons (Fsp3) is 0.310.